The van der Waals surface area contributed by atoms with Crippen LogP contribution in [0.5, 0.6) is 0 Å². The monoisotopic (exact) mass is 407 g/mol. The van der Waals surface area contributed by atoms with E-state index in [2.05, 4.69) is 55.1 Å². The molecule has 0 bridgehead atoms. The highest BCUT2D eigenvalue weighted by Crippen LogP contribution is 2.33. The van der Waals surface area contributed by atoms with Crippen molar-refractivity contribution in [3.63, 3.8) is 0 Å². The third kappa shape index (κ3) is 4.68. The summed E-state index contributed by atoms with van der Waals surface area (Å²) in [6.07, 6.45) is 2.16. The quantitative estimate of drug-likeness (QED) is 0.612. The maximum atomic E-state index is 13.0. The van der Waals surface area contributed by atoms with Crippen LogP contribution < -0.4 is 0 Å². The van der Waals surface area contributed by atoms with Crippen molar-refractivity contribution in [2.45, 2.75) is 39.2 Å². The SMILES string of the molecule is Cc1ccc(CN(C)CC(=O)N2CCC[C@@H](c3nc4ccccc4s3)C2)c(C)c1. The highest BCUT2D eigenvalue weighted by molar-refractivity contribution is 7.18. The van der Waals surface area contributed by atoms with Gasteiger partial charge in [-0.15, -0.1) is 11.3 Å². The highest BCUT2D eigenvalue weighted by atomic mass is 32.1. The van der Waals surface area contributed by atoms with Gasteiger partial charge >= 0.3 is 0 Å². The lowest BCUT2D eigenvalue weighted by Crippen LogP contribution is -2.43. The van der Waals surface area contributed by atoms with Gasteiger partial charge in [-0.1, -0.05) is 35.9 Å². The molecule has 1 atom stereocenters. The standard InChI is InChI=1S/C24H29N3OS/c1-17-10-11-19(18(2)13-17)14-26(3)16-23(28)27-12-6-7-20(15-27)24-25-21-8-4-5-9-22(21)29-24/h4-5,8-11,13,20H,6-7,12,14-16H2,1-3H3/t20-/m1/s1. The Morgan fingerprint density at radius 3 is 2.86 bits per heavy atom. The molecule has 1 amide bonds. The summed E-state index contributed by atoms with van der Waals surface area (Å²) < 4.78 is 1.24. The van der Waals surface area contributed by atoms with Crippen molar-refractivity contribution < 1.29 is 4.79 Å². The molecule has 1 aliphatic heterocycles. The Hall–Kier alpha value is -2.24. The summed E-state index contributed by atoms with van der Waals surface area (Å²) in [6, 6.07) is 14.8. The molecule has 4 rings (SSSR count). The molecule has 1 saturated heterocycles. The number of hydrogen-bond acceptors (Lipinski definition) is 4. The summed E-state index contributed by atoms with van der Waals surface area (Å²) in [5, 5.41) is 1.17. The van der Waals surface area contributed by atoms with Gasteiger partial charge in [0.05, 0.1) is 21.8 Å². The number of aryl methyl sites for hydroxylation is 2. The minimum atomic E-state index is 0.225. The third-order valence-electron chi connectivity index (χ3n) is 5.78. The van der Waals surface area contributed by atoms with Crippen LogP contribution in [0.1, 0.15) is 40.5 Å². The van der Waals surface area contributed by atoms with Crippen LogP contribution >= 0.6 is 11.3 Å². The summed E-state index contributed by atoms with van der Waals surface area (Å²) in [7, 11) is 2.03. The number of aromatic nitrogens is 1. The number of nitrogens with zero attached hydrogens (tertiary/aromatic N) is 3. The van der Waals surface area contributed by atoms with E-state index in [4.69, 9.17) is 4.98 Å². The Morgan fingerprint density at radius 1 is 1.24 bits per heavy atom. The molecule has 0 unspecified atom stereocenters. The van der Waals surface area contributed by atoms with Gasteiger partial charge in [-0.2, -0.15) is 0 Å². The molecule has 0 aliphatic carbocycles. The largest absolute Gasteiger partial charge is 0.341 e. The van der Waals surface area contributed by atoms with Crippen LogP contribution in [0.15, 0.2) is 42.5 Å². The molecule has 1 fully saturated rings. The molecule has 1 aromatic heterocycles. The fraction of sp³-hybridized carbons (Fsp3) is 0.417. The molecule has 0 saturated carbocycles. The van der Waals surface area contributed by atoms with E-state index in [9.17, 15) is 4.79 Å². The fourth-order valence-electron chi connectivity index (χ4n) is 4.17. The number of thiazole rings is 1. The van der Waals surface area contributed by atoms with E-state index in [1.165, 1.54) is 26.4 Å². The summed E-state index contributed by atoms with van der Waals surface area (Å²) in [5.41, 5.74) is 4.93. The average molecular weight is 408 g/mol. The Morgan fingerprint density at radius 2 is 2.07 bits per heavy atom. The molecular weight excluding hydrogens is 378 g/mol. The summed E-state index contributed by atoms with van der Waals surface area (Å²) in [4.78, 5) is 22.0. The van der Waals surface area contributed by atoms with Crippen LogP contribution in [-0.2, 0) is 11.3 Å². The van der Waals surface area contributed by atoms with Gasteiger partial charge in [0.1, 0.15) is 0 Å². The summed E-state index contributed by atoms with van der Waals surface area (Å²) in [5.74, 6) is 0.581. The van der Waals surface area contributed by atoms with Crippen molar-refractivity contribution in [3.8, 4) is 0 Å². The first-order chi connectivity index (χ1) is 14.0. The number of rotatable bonds is 5. The van der Waals surface area contributed by atoms with Gasteiger partial charge < -0.3 is 4.90 Å². The third-order valence-corrected chi connectivity index (χ3v) is 6.98. The van der Waals surface area contributed by atoms with Crippen LogP contribution in [-0.4, -0.2) is 47.4 Å². The van der Waals surface area contributed by atoms with Crippen LogP contribution in [0.2, 0.25) is 0 Å². The van der Waals surface area contributed by atoms with E-state index in [0.717, 1.165) is 38.0 Å². The molecule has 0 N–H and O–H groups in total. The topological polar surface area (TPSA) is 36.4 Å². The van der Waals surface area contributed by atoms with E-state index in [1.54, 1.807) is 11.3 Å². The number of likely N-dealkylation sites (N-methyl/N-ethyl adjacent to an activating group) is 1. The molecular formula is C24H29N3OS. The van der Waals surface area contributed by atoms with Crippen molar-refractivity contribution >= 4 is 27.5 Å². The van der Waals surface area contributed by atoms with Crippen LogP contribution in [0.4, 0.5) is 0 Å². The molecule has 0 radical (unpaired) electrons. The number of fused-ring (bicyclic) bond motifs is 1. The van der Waals surface area contributed by atoms with Gasteiger partial charge in [0.15, 0.2) is 0 Å². The first-order valence-electron chi connectivity index (χ1n) is 10.4. The van der Waals surface area contributed by atoms with Crippen molar-refractivity contribution in [3.05, 3.63) is 64.2 Å². The number of para-hydroxylation sites is 1. The molecule has 29 heavy (non-hydrogen) atoms. The first kappa shape index (κ1) is 20.0. The minimum Gasteiger partial charge on any atom is -0.341 e. The average Bonchev–Trinajstić information content (AvgIpc) is 3.14. The van der Waals surface area contributed by atoms with Gasteiger partial charge in [-0.05, 0) is 57.0 Å². The second-order valence-electron chi connectivity index (χ2n) is 8.30. The number of amides is 1. The van der Waals surface area contributed by atoms with Crippen molar-refractivity contribution in [1.29, 1.82) is 0 Å². The lowest BCUT2D eigenvalue weighted by atomic mass is 9.98. The second kappa shape index (κ2) is 8.64. The van der Waals surface area contributed by atoms with Gasteiger partial charge in [-0.3, -0.25) is 9.69 Å². The molecule has 2 aromatic carbocycles. The second-order valence-corrected chi connectivity index (χ2v) is 9.36. The van der Waals surface area contributed by atoms with E-state index in [0.29, 0.717) is 12.5 Å². The Kier molecular flexibility index (Phi) is 5.97. The zero-order valence-corrected chi connectivity index (χ0v) is 18.3. The predicted molar refractivity (Wildman–Crippen MR) is 120 cm³/mol. The van der Waals surface area contributed by atoms with Crippen LogP contribution in [0.25, 0.3) is 10.2 Å². The molecule has 2 heterocycles. The molecule has 152 valence electrons. The van der Waals surface area contributed by atoms with Gasteiger partial charge in [-0.25, -0.2) is 4.98 Å². The highest BCUT2D eigenvalue weighted by Gasteiger charge is 2.27. The van der Waals surface area contributed by atoms with Crippen LogP contribution in [0.3, 0.4) is 0 Å². The zero-order chi connectivity index (χ0) is 20.4. The number of likely N-dealkylation sites (tertiary alicyclic amines) is 1. The maximum absolute atomic E-state index is 13.0. The van der Waals surface area contributed by atoms with E-state index in [-0.39, 0.29) is 5.91 Å². The van der Waals surface area contributed by atoms with Crippen LogP contribution in [0, 0.1) is 13.8 Å². The number of carbonyl (C=O) groups excluding carboxylic acids is 1. The number of benzene rings is 2. The predicted octanol–water partition coefficient (Wildman–Crippen LogP) is 4.75. The first-order valence-corrected chi connectivity index (χ1v) is 11.2. The van der Waals surface area contributed by atoms with Crippen molar-refractivity contribution in [2.75, 3.05) is 26.7 Å². The van der Waals surface area contributed by atoms with Crippen molar-refractivity contribution in [2.24, 2.45) is 0 Å². The Labute approximate surface area is 177 Å². The van der Waals surface area contributed by atoms with E-state index >= 15 is 0 Å². The maximum Gasteiger partial charge on any atom is 0.236 e. The lowest BCUT2D eigenvalue weighted by molar-refractivity contribution is -0.133. The molecule has 1 aliphatic rings. The lowest BCUT2D eigenvalue weighted by Gasteiger charge is -2.33. The number of carbonyl (C=O) groups is 1. The smallest absolute Gasteiger partial charge is 0.236 e. The van der Waals surface area contributed by atoms with Crippen molar-refractivity contribution in [1.82, 2.24) is 14.8 Å². The van der Waals surface area contributed by atoms with Gasteiger partial charge in [0.25, 0.3) is 0 Å². The summed E-state index contributed by atoms with van der Waals surface area (Å²) in [6.45, 7) is 7.16. The molecule has 3 aromatic rings. The Balaban J connectivity index is 1.38. The minimum absolute atomic E-state index is 0.225. The summed E-state index contributed by atoms with van der Waals surface area (Å²) >= 11 is 1.78. The fourth-order valence-corrected chi connectivity index (χ4v) is 5.26. The van der Waals surface area contributed by atoms with Gasteiger partial charge in [0.2, 0.25) is 5.91 Å². The normalized spacial score (nSPS) is 17.2. The molecule has 0 spiro atoms. The van der Waals surface area contributed by atoms with Gasteiger partial charge in [0, 0.05) is 25.6 Å². The molecule has 4 nitrogen and oxygen atoms in total. The number of piperidine rings is 1. The number of hydrogen-bond donors (Lipinski definition) is 0. The molecule has 5 heteroatoms. The van der Waals surface area contributed by atoms with E-state index in [1.807, 2.05) is 18.0 Å². The Bertz CT molecular complexity index is 979. The van der Waals surface area contributed by atoms with E-state index < -0.39 is 0 Å². The zero-order valence-electron chi connectivity index (χ0n) is 17.5.